The molecule has 3 N–H and O–H groups in total. The van der Waals surface area contributed by atoms with Crippen LogP contribution in [0.3, 0.4) is 0 Å². The Morgan fingerprint density at radius 1 is 1.10 bits per heavy atom. The zero-order chi connectivity index (χ0) is 14.9. The maximum Gasteiger partial charge on any atom is 0.266 e. The van der Waals surface area contributed by atoms with Gasteiger partial charge in [0.1, 0.15) is 22.2 Å². The van der Waals surface area contributed by atoms with Crippen molar-refractivity contribution in [1.29, 1.82) is 0 Å². The number of nitrogen functional groups attached to an aromatic ring is 1. The zero-order valence-electron chi connectivity index (χ0n) is 9.64. The van der Waals surface area contributed by atoms with Crippen LogP contribution in [0.4, 0.5) is 11.5 Å². The maximum absolute atomic E-state index is 12.2. The van der Waals surface area contributed by atoms with Crippen LogP contribution in [0.15, 0.2) is 29.4 Å². The fourth-order valence-electron chi connectivity index (χ4n) is 1.44. The molecule has 20 heavy (non-hydrogen) atoms. The molecule has 0 aliphatic carbocycles. The first-order valence-electron chi connectivity index (χ1n) is 5.04. The molecule has 0 fully saturated rings. The maximum atomic E-state index is 12.2. The highest BCUT2D eigenvalue weighted by atomic mass is 35.5. The Kier molecular flexibility index (Phi) is 4.24. The summed E-state index contributed by atoms with van der Waals surface area (Å²) in [5, 5.41) is 0.229. The van der Waals surface area contributed by atoms with Crippen molar-refractivity contribution in [3.63, 3.8) is 0 Å². The van der Waals surface area contributed by atoms with E-state index in [1.165, 1.54) is 18.2 Å². The average Bonchev–Trinajstić information content (AvgIpc) is 2.25. The number of nitrogens with two attached hydrogens (primary N) is 1. The highest BCUT2D eigenvalue weighted by molar-refractivity contribution is 7.93. The molecule has 2 aromatic rings. The molecule has 0 saturated carbocycles. The summed E-state index contributed by atoms with van der Waals surface area (Å²) in [6.45, 7) is 0. The third-order valence-electron chi connectivity index (χ3n) is 2.18. The molecule has 106 valence electrons. The molecular formula is C10H7Cl3N4O2S. The van der Waals surface area contributed by atoms with Gasteiger partial charge < -0.3 is 5.73 Å². The second kappa shape index (κ2) is 5.61. The summed E-state index contributed by atoms with van der Waals surface area (Å²) >= 11 is 17.3. The van der Waals surface area contributed by atoms with E-state index in [0.29, 0.717) is 0 Å². The number of sulfonamides is 1. The minimum atomic E-state index is -4.02. The number of halogens is 3. The van der Waals surface area contributed by atoms with Gasteiger partial charge in [-0.3, -0.25) is 4.72 Å². The van der Waals surface area contributed by atoms with Gasteiger partial charge in [-0.15, -0.1) is 0 Å². The van der Waals surface area contributed by atoms with Gasteiger partial charge in [0.25, 0.3) is 10.0 Å². The van der Waals surface area contributed by atoms with Crippen molar-refractivity contribution < 1.29 is 8.42 Å². The number of aromatic nitrogens is 2. The SMILES string of the molecule is Nc1cc(Cl)cc(Cl)c1S(=O)(=O)Nc1cc(Cl)ncn1. The first kappa shape index (κ1) is 15.1. The number of nitrogens with one attached hydrogen (secondary N) is 1. The molecule has 0 spiro atoms. The quantitative estimate of drug-likeness (QED) is 0.653. The van der Waals surface area contributed by atoms with E-state index in [1.807, 2.05) is 0 Å². The van der Waals surface area contributed by atoms with E-state index in [2.05, 4.69) is 14.7 Å². The molecule has 2 rings (SSSR count). The largest absolute Gasteiger partial charge is 0.398 e. The van der Waals surface area contributed by atoms with Gasteiger partial charge >= 0.3 is 0 Å². The summed E-state index contributed by atoms with van der Waals surface area (Å²) in [5.74, 6) is -0.00424. The monoisotopic (exact) mass is 352 g/mol. The average molecular weight is 354 g/mol. The van der Waals surface area contributed by atoms with Crippen LogP contribution in [0.5, 0.6) is 0 Å². The topological polar surface area (TPSA) is 98.0 Å². The number of hydrogen-bond acceptors (Lipinski definition) is 5. The van der Waals surface area contributed by atoms with Gasteiger partial charge in [-0.1, -0.05) is 34.8 Å². The van der Waals surface area contributed by atoms with Crippen molar-refractivity contribution in [2.24, 2.45) is 0 Å². The molecule has 0 aliphatic heterocycles. The molecule has 6 nitrogen and oxygen atoms in total. The Morgan fingerprint density at radius 2 is 1.80 bits per heavy atom. The highest BCUT2D eigenvalue weighted by Crippen LogP contribution is 2.32. The lowest BCUT2D eigenvalue weighted by Gasteiger charge is -2.11. The number of rotatable bonds is 3. The Balaban J connectivity index is 2.46. The summed E-state index contributed by atoms with van der Waals surface area (Å²) in [6.07, 6.45) is 1.12. The van der Waals surface area contributed by atoms with E-state index in [1.54, 1.807) is 0 Å². The highest BCUT2D eigenvalue weighted by Gasteiger charge is 2.22. The standard InChI is InChI=1S/C10H7Cl3N4O2S/c11-5-1-6(12)10(7(14)2-5)20(18,19)17-9-3-8(13)15-4-16-9/h1-4H,14H2,(H,15,16,17). The molecule has 10 heteroatoms. The van der Waals surface area contributed by atoms with Gasteiger partial charge in [0.05, 0.1) is 10.7 Å². The van der Waals surface area contributed by atoms with Gasteiger partial charge in [-0.2, -0.15) is 0 Å². The van der Waals surface area contributed by atoms with Gasteiger partial charge in [0.2, 0.25) is 0 Å². The van der Waals surface area contributed by atoms with Crippen LogP contribution < -0.4 is 10.5 Å². The van der Waals surface area contributed by atoms with Crippen molar-refractivity contribution >= 4 is 56.3 Å². The summed E-state index contributed by atoms with van der Waals surface area (Å²) < 4.78 is 26.7. The molecule has 0 radical (unpaired) electrons. The predicted molar refractivity (Wildman–Crippen MR) is 78.7 cm³/mol. The lowest BCUT2D eigenvalue weighted by atomic mass is 10.3. The summed E-state index contributed by atoms with van der Waals surface area (Å²) in [5.41, 5.74) is 5.57. The first-order valence-corrected chi connectivity index (χ1v) is 7.66. The van der Waals surface area contributed by atoms with E-state index in [-0.39, 0.29) is 31.6 Å². The fraction of sp³-hybridized carbons (Fsp3) is 0. The molecule has 0 bridgehead atoms. The van der Waals surface area contributed by atoms with Gasteiger partial charge in [-0.25, -0.2) is 18.4 Å². The molecule has 1 aromatic heterocycles. The van der Waals surface area contributed by atoms with Crippen LogP contribution >= 0.6 is 34.8 Å². The number of nitrogens with zero attached hydrogens (tertiary/aromatic N) is 2. The Morgan fingerprint density at radius 3 is 2.40 bits per heavy atom. The van der Waals surface area contributed by atoms with Crippen LogP contribution in [-0.4, -0.2) is 18.4 Å². The Labute approximate surface area is 129 Å². The van der Waals surface area contributed by atoms with Crippen LogP contribution in [0.1, 0.15) is 0 Å². The predicted octanol–water partition coefficient (Wildman–Crippen LogP) is 2.82. The van der Waals surface area contributed by atoms with Crippen LogP contribution in [-0.2, 0) is 10.0 Å². The molecular weight excluding hydrogens is 347 g/mol. The van der Waals surface area contributed by atoms with E-state index in [0.717, 1.165) is 6.33 Å². The van der Waals surface area contributed by atoms with E-state index >= 15 is 0 Å². The van der Waals surface area contributed by atoms with Gasteiger partial charge in [0.15, 0.2) is 0 Å². The van der Waals surface area contributed by atoms with Crippen molar-refractivity contribution in [1.82, 2.24) is 9.97 Å². The molecule has 0 atom stereocenters. The second-order valence-corrected chi connectivity index (χ2v) is 6.49. The molecule has 0 amide bonds. The third kappa shape index (κ3) is 3.24. The van der Waals surface area contributed by atoms with Crippen LogP contribution in [0, 0.1) is 0 Å². The van der Waals surface area contributed by atoms with Crippen LogP contribution in [0.25, 0.3) is 0 Å². The second-order valence-electron chi connectivity index (χ2n) is 3.64. The zero-order valence-corrected chi connectivity index (χ0v) is 12.7. The van der Waals surface area contributed by atoms with Crippen molar-refractivity contribution in [3.05, 3.63) is 39.7 Å². The molecule has 1 aromatic carbocycles. The minimum Gasteiger partial charge on any atom is -0.398 e. The van der Waals surface area contributed by atoms with Crippen LogP contribution in [0.2, 0.25) is 15.2 Å². The first-order chi connectivity index (χ1) is 9.29. The lowest BCUT2D eigenvalue weighted by molar-refractivity contribution is 0.601. The molecule has 0 saturated heterocycles. The number of hydrogen-bond donors (Lipinski definition) is 2. The number of anilines is 2. The number of benzene rings is 1. The molecule has 0 aliphatic rings. The summed E-state index contributed by atoms with van der Waals surface area (Å²) in [7, 11) is -4.02. The molecule has 0 unspecified atom stereocenters. The van der Waals surface area contributed by atoms with Gasteiger partial charge in [0, 0.05) is 11.1 Å². The Bertz CT molecular complexity index is 744. The smallest absolute Gasteiger partial charge is 0.266 e. The van der Waals surface area contributed by atoms with Crippen molar-refractivity contribution in [2.45, 2.75) is 4.90 Å². The van der Waals surface area contributed by atoms with E-state index < -0.39 is 10.0 Å². The normalized spacial score (nSPS) is 11.3. The Hall–Kier alpha value is -1.28. The lowest BCUT2D eigenvalue weighted by Crippen LogP contribution is -2.16. The van der Waals surface area contributed by atoms with Crippen molar-refractivity contribution in [3.8, 4) is 0 Å². The molecule has 1 heterocycles. The third-order valence-corrected chi connectivity index (χ3v) is 4.48. The summed E-state index contributed by atoms with van der Waals surface area (Å²) in [6, 6.07) is 3.81. The van der Waals surface area contributed by atoms with Crippen molar-refractivity contribution in [2.75, 3.05) is 10.5 Å². The van der Waals surface area contributed by atoms with Gasteiger partial charge in [-0.05, 0) is 12.1 Å². The van der Waals surface area contributed by atoms with E-state index in [4.69, 9.17) is 40.5 Å². The van der Waals surface area contributed by atoms with E-state index in [9.17, 15) is 8.42 Å². The minimum absolute atomic E-state index is 0.00424. The summed E-state index contributed by atoms with van der Waals surface area (Å²) in [4.78, 5) is 7.09. The fourth-order valence-corrected chi connectivity index (χ4v) is 3.58.